The molecule has 1 unspecified atom stereocenters. The van der Waals surface area contributed by atoms with Crippen LogP contribution in [0.2, 0.25) is 0 Å². The molecule has 5 nitrogen and oxygen atoms in total. The number of nitrogens with one attached hydrogen (secondary N) is 2. The summed E-state index contributed by atoms with van der Waals surface area (Å²) in [6.45, 7) is 3.56. The third kappa shape index (κ3) is 5.41. The van der Waals surface area contributed by atoms with Crippen molar-refractivity contribution in [1.29, 1.82) is 0 Å². The van der Waals surface area contributed by atoms with Gasteiger partial charge in [0.05, 0.1) is 19.6 Å². The fourth-order valence-electron chi connectivity index (χ4n) is 3.02. The molecule has 2 heterocycles. The van der Waals surface area contributed by atoms with Crippen LogP contribution in [-0.4, -0.2) is 49.4 Å². The molecule has 2 N–H and O–H groups in total. The van der Waals surface area contributed by atoms with Crippen molar-refractivity contribution >= 4 is 23.2 Å². The molecule has 0 saturated carbocycles. The predicted octanol–water partition coefficient (Wildman–Crippen LogP) is 0.334. The number of hydrogen-bond donors (Lipinski definition) is 2. The fourth-order valence-corrected chi connectivity index (χ4v) is 3.74. The minimum absolute atomic E-state index is 0.0307. The van der Waals surface area contributed by atoms with Gasteiger partial charge in [-0.25, -0.2) is 0 Å². The summed E-state index contributed by atoms with van der Waals surface area (Å²) in [6.07, 6.45) is 0.841. The van der Waals surface area contributed by atoms with Crippen LogP contribution < -0.4 is 10.2 Å². The van der Waals surface area contributed by atoms with Crippen LogP contribution in [0.1, 0.15) is 10.4 Å². The maximum absolute atomic E-state index is 12.8. The number of benzene rings is 1. The molecule has 25 heavy (non-hydrogen) atoms. The summed E-state index contributed by atoms with van der Waals surface area (Å²) in [7, 11) is 0. The lowest BCUT2D eigenvalue weighted by molar-refractivity contribution is -0.885. The lowest BCUT2D eigenvalue weighted by Gasteiger charge is -2.27. The van der Waals surface area contributed by atoms with Crippen molar-refractivity contribution < 1.29 is 14.5 Å². The number of rotatable bonds is 7. The molecule has 2 amide bonds. The number of piperazine rings is 1. The van der Waals surface area contributed by atoms with E-state index in [1.165, 1.54) is 10.4 Å². The van der Waals surface area contributed by atoms with Gasteiger partial charge in [0, 0.05) is 11.4 Å². The van der Waals surface area contributed by atoms with Gasteiger partial charge in [0.15, 0.2) is 13.1 Å². The zero-order valence-electron chi connectivity index (χ0n) is 14.2. The van der Waals surface area contributed by atoms with Gasteiger partial charge in [-0.05, 0) is 23.4 Å². The van der Waals surface area contributed by atoms with Crippen LogP contribution >= 0.6 is 11.3 Å². The van der Waals surface area contributed by atoms with E-state index in [4.69, 9.17) is 0 Å². The molecule has 1 aliphatic heterocycles. The Kier molecular flexibility index (Phi) is 6.19. The summed E-state index contributed by atoms with van der Waals surface area (Å²) in [5, 5.41) is 4.85. The van der Waals surface area contributed by atoms with Gasteiger partial charge in [-0.3, -0.25) is 9.59 Å². The fraction of sp³-hybridized carbons (Fsp3) is 0.368. The number of amides is 2. The molecule has 1 aromatic carbocycles. The van der Waals surface area contributed by atoms with E-state index in [-0.39, 0.29) is 11.8 Å². The molecular weight excluding hydrogens is 334 g/mol. The van der Waals surface area contributed by atoms with Gasteiger partial charge in [-0.2, -0.15) is 0 Å². The van der Waals surface area contributed by atoms with Crippen LogP contribution in [0, 0.1) is 0 Å². The molecule has 0 bridgehead atoms. The number of hydrogen-bond acceptors (Lipinski definition) is 3. The second-order valence-electron chi connectivity index (χ2n) is 6.33. The van der Waals surface area contributed by atoms with Gasteiger partial charge in [0.1, 0.15) is 0 Å². The third-order valence-electron chi connectivity index (χ3n) is 4.41. The molecule has 1 fully saturated rings. The van der Waals surface area contributed by atoms with Crippen molar-refractivity contribution in [1.82, 2.24) is 10.2 Å². The number of carbonyl (C=O) groups is 2. The average Bonchev–Trinajstić information content (AvgIpc) is 3.12. The topological polar surface area (TPSA) is 53.9 Å². The van der Waals surface area contributed by atoms with Crippen LogP contribution in [-0.2, 0) is 22.6 Å². The number of carbonyl (C=O) groups excluding carboxylic acids is 2. The van der Waals surface area contributed by atoms with Gasteiger partial charge < -0.3 is 15.1 Å². The van der Waals surface area contributed by atoms with E-state index in [1.54, 1.807) is 11.3 Å². The minimum atomic E-state index is 0.0307. The first kappa shape index (κ1) is 17.6. The third-order valence-corrected chi connectivity index (χ3v) is 5.27. The largest absolute Gasteiger partial charge is 0.346 e. The normalized spacial score (nSPS) is 17.1. The lowest BCUT2D eigenvalue weighted by atomic mass is 10.1. The van der Waals surface area contributed by atoms with E-state index in [2.05, 4.69) is 23.5 Å². The van der Waals surface area contributed by atoms with Crippen LogP contribution in [0.15, 0.2) is 47.8 Å². The zero-order valence-corrected chi connectivity index (χ0v) is 15.1. The molecular formula is C19H24N3O2S+. The molecule has 1 saturated heterocycles. The highest BCUT2D eigenvalue weighted by Gasteiger charge is 2.25. The van der Waals surface area contributed by atoms with E-state index >= 15 is 0 Å². The molecule has 6 heteroatoms. The van der Waals surface area contributed by atoms with Gasteiger partial charge in [0.25, 0.3) is 11.8 Å². The molecule has 3 rings (SSSR count). The highest BCUT2D eigenvalue weighted by molar-refractivity contribution is 7.09. The van der Waals surface area contributed by atoms with Gasteiger partial charge in [-0.1, -0.05) is 36.4 Å². The summed E-state index contributed by atoms with van der Waals surface area (Å²) in [4.78, 5) is 28.5. The Balaban J connectivity index is 1.62. The SMILES string of the molecule is O=C1C[NH+](CC(=O)N(CCc2ccccc2)Cc2cccs2)CCN1. The van der Waals surface area contributed by atoms with Crippen molar-refractivity contribution in [3.63, 3.8) is 0 Å². The maximum Gasteiger partial charge on any atom is 0.278 e. The molecule has 0 spiro atoms. The van der Waals surface area contributed by atoms with E-state index in [0.29, 0.717) is 32.7 Å². The highest BCUT2D eigenvalue weighted by Crippen LogP contribution is 2.12. The molecule has 1 aromatic heterocycles. The molecule has 2 aromatic rings. The summed E-state index contributed by atoms with van der Waals surface area (Å²) in [5.41, 5.74) is 1.23. The Morgan fingerprint density at radius 3 is 2.76 bits per heavy atom. The summed E-state index contributed by atoms with van der Waals surface area (Å²) in [6, 6.07) is 14.3. The smallest absolute Gasteiger partial charge is 0.278 e. The number of quaternary nitrogens is 1. The number of thiophene rings is 1. The second kappa shape index (κ2) is 8.78. The molecule has 0 radical (unpaired) electrons. The summed E-state index contributed by atoms with van der Waals surface area (Å²) in [5.74, 6) is 0.150. The quantitative estimate of drug-likeness (QED) is 0.750. The molecule has 1 aliphatic rings. The Labute approximate surface area is 152 Å². The average molecular weight is 358 g/mol. The van der Waals surface area contributed by atoms with Gasteiger partial charge in [0.2, 0.25) is 0 Å². The minimum Gasteiger partial charge on any atom is -0.346 e. The van der Waals surface area contributed by atoms with E-state index in [1.807, 2.05) is 34.5 Å². The summed E-state index contributed by atoms with van der Waals surface area (Å²) < 4.78 is 0. The van der Waals surface area contributed by atoms with Crippen molar-refractivity contribution in [2.45, 2.75) is 13.0 Å². The van der Waals surface area contributed by atoms with E-state index in [0.717, 1.165) is 17.9 Å². The van der Waals surface area contributed by atoms with Gasteiger partial charge in [-0.15, -0.1) is 11.3 Å². The van der Waals surface area contributed by atoms with Crippen LogP contribution in [0.25, 0.3) is 0 Å². The summed E-state index contributed by atoms with van der Waals surface area (Å²) >= 11 is 1.67. The van der Waals surface area contributed by atoms with Crippen molar-refractivity contribution in [2.24, 2.45) is 0 Å². The second-order valence-corrected chi connectivity index (χ2v) is 7.37. The maximum atomic E-state index is 12.8. The predicted molar refractivity (Wildman–Crippen MR) is 98.5 cm³/mol. The Morgan fingerprint density at radius 1 is 1.20 bits per heavy atom. The number of nitrogens with zero attached hydrogens (tertiary/aromatic N) is 1. The van der Waals surface area contributed by atoms with E-state index < -0.39 is 0 Å². The van der Waals surface area contributed by atoms with Crippen LogP contribution in [0.5, 0.6) is 0 Å². The first-order chi connectivity index (χ1) is 12.2. The van der Waals surface area contributed by atoms with Crippen molar-refractivity contribution in [3.8, 4) is 0 Å². The molecule has 132 valence electrons. The Hall–Kier alpha value is -2.18. The monoisotopic (exact) mass is 358 g/mol. The molecule has 0 aliphatic carbocycles. The van der Waals surface area contributed by atoms with Crippen LogP contribution in [0.4, 0.5) is 0 Å². The van der Waals surface area contributed by atoms with Crippen LogP contribution in [0.3, 0.4) is 0 Å². The van der Waals surface area contributed by atoms with E-state index in [9.17, 15) is 9.59 Å². The van der Waals surface area contributed by atoms with Crippen molar-refractivity contribution in [2.75, 3.05) is 32.7 Å². The standard InChI is InChI=1S/C19H23N3O2S/c23-18-14-21(11-9-20-18)15-19(24)22(13-17-7-4-12-25-17)10-8-16-5-2-1-3-6-16/h1-7,12H,8-11,13-15H2,(H,20,23)/p+1. The highest BCUT2D eigenvalue weighted by atomic mass is 32.1. The Bertz CT molecular complexity index is 688. The first-order valence-electron chi connectivity index (χ1n) is 8.65. The lowest BCUT2D eigenvalue weighted by Crippen LogP contribution is -3.16. The van der Waals surface area contributed by atoms with Gasteiger partial charge >= 0.3 is 0 Å². The Morgan fingerprint density at radius 2 is 2.04 bits per heavy atom. The van der Waals surface area contributed by atoms with Crippen molar-refractivity contribution in [3.05, 3.63) is 58.3 Å². The molecule has 1 atom stereocenters. The zero-order chi connectivity index (χ0) is 17.5. The first-order valence-corrected chi connectivity index (χ1v) is 9.53.